The SMILES string of the molecule is CC(=O)Oc1c(Cl)cc(Br)cc1C#N. The van der Waals surface area contributed by atoms with E-state index in [0.29, 0.717) is 4.47 Å². The van der Waals surface area contributed by atoms with E-state index in [4.69, 9.17) is 21.6 Å². The molecule has 0 N–H and O–H groups in total. The van der Waals surface area contributed by atoms with Gasteiger partial charge in [0.2, 0.25) is 0 Å². The van der Waals surface area contributed by atoms with Crippen molar-refractivity contribution in [1.82, 2.24) is 0 Å². The largest absolute Gasteiger partial charge is 0.424 e. The van der Waals surface area contributed by atoms with Crippen molar-refractivity contribution in [3.8, 4) is 11.8 Å². The number of hydrogen-bond acceptors (Lipinski definition) is 3. The van der Waals surface area contributed by atoms with Crippen LogP contribution >= 0.6 is 27.5 Å². The fourth-order valence-electron chi connectivity index (χ4n) is 0.891. The van der Waals surface area contributed by atoms with Gasteiger partial charge in [-0.05, 0) is 12.1 Å². The number of rotatable bonds is 1. The number of carbonyl (C=O) groups excluding carboxylic acids is 1. The van der Waals surface area contributed by atoms with Crippen LogP contribution < -0.4 is 4.74 Å². The second kappa shape index (κ2) is 4.45. The molecule has 0 heterocycles. The van der Waals surface area contributed by atoms with Crippen LogP contribution in [0.5, 0.6) is 5.75 Å². The van der Waals surface area contributed by atoms with Crippen molar-refractivity contribution in [2.45, 2.75) is 6.92 Å². The van der Waals surface area contributed by atoms with Crippen LogP contribution in [0.4, 0.5) is 0 Å². The molecule has 5 heteroatoms. The van der Waals surface area contributed by atoms with Crippen molar-refractivity contribution < 1.29 is 9.53 Å². The average molecular weight is 275 g/mol. The Bertz CT molecular complexity index is 426. The van der Waals surface area contributed by atoms with Crippen LogP contribution in [0.15, 0.2) is 16.6 Å². The highest BCUT2D eigenvalue weighted by Gasteiger charge is 2.11. The van der Waals surface area contributed by atoms with Gasteiger partial charge in [0.05, 0.1) is 10.6 Å². The Morgan fingerprint density at radius 1 is 1.64 bits per heavy atom. The maximum Gasteiger partial charge on any atom is 0.308 e. The van der Waals surface area contributed by atoms with Crippen LogP contribution in [0.2, 0.25) is 5.02 Å². The molecule has 1 aromatic rings. The van der Waals surface area contributed by atoms with E-state index in [1.165, 1.54) is 13.0 Å². The zero-order valence-electron chi connectivity index (χ0n) is 7.17. The Balaban J connectivity index is 3.27. The molecular weight excluding hydrogens is 269 g/mol. The van der Waals surface area contributed by atoms with Gasteiger partial charge in [-0.2, -0.15) is 5.26 Å². The first-order valence-electron chi connectivity index (χ1n) is 3.62. The number of halogens is 2. The minimum Gasteiger partial charge on any atom is -0.424 e. The number of esters is 1. The summed E-state index contributed by atoms with van der Waals surface area (Å²) in [4.78, 5) is 10.7. The highest BCUT2D eigenvalue weighted by atomic mass is 79.9. The molecule has 0 aromatic heterocycles. The Morgan fingerprint density at radius 2 is 2.29 bits per heavy atom. The lowest BCUT2D eigenvalue weighted by Crippen LogP contribution is -2.03. The highest BCUT2D eigenvalue weighted by Crippen LogP contribution is 2.32. The fourth-order valence-corrected chi connectivity index (χ4v) is 1.74. The molecule has 0 amide bonds. The van der Waals surface area contributed by atoms with E-state index in [9.17, 15) is 4.79 Å². The zero-order valence-corrected chi connectivity index (χ0v) is 9.52. The maximum atomic E-state index is 10.7. The monoisotopic (exact) mass is 273 g/mol. The first-order valence-corrected chi connectivity index (χ1v) is 4.79. The van der Waals surface area contributed by atoms with Gasteiger partial charge in [-0.25, -0.2) is 0 Å². The first kappa shape index (κ1) is 11.0. The van der Waals surface area contributed by atoms with Gasteiger partial charge in [-0.3, -0.25) is 4.79 Å². The standard InChI is InChI=1S/C9H5BrClNO2/c1-5(13)14-9-6(4-12)2-7(10)3-8(9)11/h2-3H,1H3. The topological polar surface area (TPSA) is 50.1 Å². The molecule has 0 aliphatic carbocycles. The van der Waals surface area contributed by atoms with E-state index >= 15 is 0 Å². The van der Waals surface area contributed by atoms with E-state index in [-0.39, 0.29) is 16.3 Å². The van der Waals surface area contributed by atoms with Gasteiger partial charge in [0, 0.05) is 11.4 Å². The van der Waals surface area contributed by atoms with Crippen molar-refractivity contribution >= 4 is 33.5 Å². The number of hydrogen-bond donors (Lipinski definition) is 0. The molecule has 1 rings (SSSR count). The smallest absolute Gasteiger partial charge is 0.308 e. The van der Waals surface area contributed by atoms with E-state index in [2.05, 4.69) is 15.9 Å². The van der Waals surface area contributed by atoms with E-state index < -0.39 is 5.97 Å². The lowest BCUT2D eigenvalue weighted by atomic mass is 10.2. The second-order valence-corrected chi connectivity index (χ2v) is 3.79. The normalized spacial score (nSPS) is 9.29. The Morgan fingerprint density at radius 3 is 2.79 bits per heavy atom. The quantitative estimate of drug-likeness (QED) is 0.584. The maximum absolute atomic E-state index is 10.7. The van der Waals surface area contributed by atoms with Gasteiger partial charge >= 0.3 is 5.97 Å². The van der Waals surface area contributed by atoms with Gasteiger partial charge in [-0.1, -0.05) is 27.5 Å². The third kappa shape index (κ3) is 2.47. The molecule has 3 nitrogen and oxygen atoms in total. The Hall–Kier alpha value is -1.05. The molecule has 1 aromatic carbocycles. The summed E-state index contributed by atoms with van der Waals surface area (Å²) in [6.45, 7) is 1.25. The highest BCUT2D eigenvalue weighted by molar-refractivity contribution is 9.10. The number of ether oxygens (including phenoxy) is 1. The van der Waals surface area contributed by atoms with Crippen LogP contribution in [0.1, 0.15) is 12.5 Å². The summed E-state index contributed by atoms with van der Waals surface area (Å²) in [5.74, 6) is -0.407. The summed E-state index contributed by atoms with van der Waals surface area (Å²) in [6, 6.07) is 4.98. The fraction of sp³-hybridized carbons (Fsp3) is 0.111. The van der Waals surface area contributed by atoms with Crippen LogP contribution in [0, 0.1) is 11.3 Å². The average Bonchev–Trinajstić information content (AvgIpc) is 2.08. The van der Waals surface area contributed by atoms with E-state index in [0.717, 1.165) is 0 Å². The predicted octanol–water partition coefficient (Wildman–Crippen LogP) is 2.90. The number of nitrogens with zero attached hydrogens (tertiary/aromatic N) is 1. The van der Waals surface area contributed by atoms with Gasteiger partial charge in [0.15, 0.2) is 5.75 Å². The summed E-state index contributed by atoms with van der Waals surface area (Å²) >= 11 is 8.98. The molecule has 0 saturated carbocycles. The predicted molar refractivity (Wildman–Crippen MR) is 55.2 cm³/mol. The minimum absolute atomic E-state index is 0.102. The van der Waals surface area contributed by atoms with Gasteiger partial charge in [-0.15, -0.1) is 0 Å². The van der Waals surface area contributed by atoms with Gasteiger partial charge in [0.25, 0.3) is 0 Å². The summed E-state index contributed by atoms with van der Waals surface area (Å²) in [5, 5.41) is 8.99. The van der Waals surface area contributed by atoms with Crippen LogP contribution in [-0.4, -0.2) is 5.97 Å². The molecule has 0 aliphatic rings. The first-order chi connectivity index (χ1) is 6.54. The van der Waals surface area contributed by atoms with E-state index in [1.807, 2.05) is 6.07 Å². The summed E-state index contributed by atoms with van der Waals surface area (Å²) in [6.07, 6.45) is 0. The Labute approximate surface area is 94.4 Å². The third-order valence-electron chi connectivity index (χ3n) is 1.37. The summed E-state index contributed by atoms with van der Waals surface area (Å²) in [5.41, 5.74) is 0.222. The van der Waals surface area contributed by atoms with Crippen molar-refractivity contribution in [2.24, 2.45) is 0 Å². The van der Waals surface area contributed by atoms with Crippen molar-refractivity contribution in [1.29, 1.82) is 5.26 Å². The zero-order chi connectivity index (χ0) is 10.7. The van der Waals surface area contributed by atoms with E-state index in [1.54, 1.807) is 6.07 Å². The summed E-state index contributed by atoms with van der Waals surface area (Å²) in [7, 11) is 0. The Kier molecular flexibility index (Phi) is 3.50. The molecule has 14 heavy (non-hydrogen) atoms. The van der Waals surface area contributed by atoms with Crippen molar-refractivity contribution in [3.05, 3.63) is 27.2 Å². The molecule has 0 radical (unpaired) electrons. The second-order valence-electron chi connectivity index (χ2n) is 2.47. The number of benzene rings is 1. The van der Waals surface area contributed by atoms with Crippen LogP contribution in [0.3, 0.4) is 0 Å². The molecular formula is C9H5BrClNO2. The molecule has 0 aliphatic heterocycles. The lowest BCUT2D eigenvalue weighted by molar-refractivity contribution is -0.131. The molecule has 0 atom stereocenters. The van der Waals surface area contributed by atoms with Crippen molar-refractivity contribution in [3.63, 3.8) is 0 Å². The third-order valence-corrected chi connectivity index (χ3v) is 2.11. The molecule has 0 fully saturated rings. The number of carbonyl (C=O) groups is 1. The lowest BCUT2D eigenvalue weighted by Gasteiger charge is -2.06. The molecule has 0 bridgehead atoms. The minimum atomic E-state index is -0.509. The molecule has 0 spiro atoms. The molecule has 0 unspecified atom stereocenters. The summed E-state index contributed by atoms with van der Waals surface area (Å²) < 4.78 is 5.47. The van der Waals surface area contributed by atoms with Gasteiger partial charge < -0.3 is 4.74 Å². The van der Waals surface area contributed by atoms with Crippen molar-refractivity contribution in [2.75, 3.05) is 0 Å². The molecule has 72 valence electrons. The van der Waals surface area contributed by atoms with Crippen LogP contribution in [-0.2, 0) is 4.79 Å². The van der Waals surface area contributed by atoms with Gasteiger partial charge in [0.1, 0.15) is 6.07 Å². The number of nitriles is 1. The van der Waals surface area contributed by atoms with Crippen LogP contribution in [0.25, 0.3) is 0 Å². The molecule has 0 saturated heterocycles.